The monoisotopic (exact) mass is 438 g/mol. The maximum Gasteiger partial charge on any atom is 0.255 e. The molecule has 0 aliphatic carbocycles. The van der Waals surface area contributed by atoms with Crippen molar-refractivity contribution in [3.05, 3.63) is 62.8 Å². The number of likely N-dealkylation sites (tertiary alicyclic amines) is 1. The van der Waals surface area contributed by atoms with Crippen molar-refractivity contribution in [2.24, 2.45) is 0 Å². The second-order valence-electron chi connectivity index (χ2n) is 6.13. The highest BCUT2D eigenvalue weighted by molar-refractivity contribution is 9.10. The van der Waals surface area contributed by atoms with E-state index >= 15 is 0 Å². The average molecular weight is 440 g/mol. The molecule has 4 nitrogen and oxygen atoms in total. The van der Waals surface area contributed by atoms with E-state index in [-0.39, 0.29) is 21.0 Å². The van der Waals surface area contributed by atoms with Gasteiger partial charge in [-0.2, -0.15) is 0 Å². The minimum absolute atomic E-state index is 0.0949. The van der Waals surface area contributed by atoms with Crippen LogP contribution in [0.25, 0.3) is 0 Å². The Balaban J connectivity index is 1.73. The van der Waals surface area contributed by atoms with Crippen molar-refractivity contribution in [2.75, 3.05) is 18.4 Å². The van der Waals surface area contributed by atoms with Crippen molar-refractivity contribution < 1.29 is 14.0 Å². The van der Waals surface area contributed by atoms with Gasteiger partial charge < -0.3 is 10.2 Å². The molecule has 136 valence electrons. The number of anilines is 1. The first-order chi connectivity index (χ1) is 12.5. The molecule has 0 aromatic heterocycles. The minimum Gasteiger partial charge on any atom is -0.339 e. The Morgan fingerprint density at radius 1 is 1.08 bits per heavy atom. The lowest BCUT2D eigenvalue weighted by Gasteiger charge is -2.27. The van der Waals surface area contributed by atoms with Crippen LogP contribution in [0.3, 0.4) is 0 Å². The molecular weight excluding hydrogens is 423 g/mol. The number of carbonyl (C=O) groups excluding carboxylic acids is 2. The number of carbonyl (C=O) groups is 2. The molecule has 1 aliphatic heterocycles. The number of nitrogens with zero attached hydrogens (tertiary/aromatic N) is 1. The van der Waals surface area contributed by atoms with E-state index < -0.39 is 11.7 Å². The summed E-state index contributed by atoms with van der Waals surface area (Å²) in [6.45, 7) is 1.48. The Morgan fingerprint density at radius 2 is 1.81 bits per heavy atom. The Labute approximate surface area is 164 Å². The van der Waals surface area contributed by atoms with Crippen molar-refractivity contribution >= 4 is 45.0 Å². The standard InChI is InChI=1S/C19H17BrClFN2O2/c20-15-7-4-12(10-17(15)22)18(25)23-13-5-6-14(16(21)11-13)19(26)24-8-2-1-3-9-24/h4-7,10-11H,1-3,8-9H2,(H,23,25). The number of benzene rings is 2. The largest absolute Gasteiger partial charge is 0.339 e. The van der Waals surface area contributed by atoms with Crippen LogP contribution >= 0.6 is 27.5 Å². The first kappa shape index (κ1) is 18.9. The summed E-state index contributed by atoms with van der Waals surface area (Å²) in [5.74, 6) is -1.07. The normalized spacial score (nSPS) is 14.2. The van der Waals surface area contributed by atoms with Crippen LogP contribution in [0.15, 0.2) is 40.9 Å². The summed E-state index contributed by atoms with van der Waals surface area (Å²) >= 11 is 9.30. The van der Waals surface area contributed by atoms with Gasteiger partial charge in [-0.25, -0.2) is 4.39 Å². The molecule has 1 fully saturated rings. The molecular formula is C19H17BrClFN2O2. The number of hydrogen-bond acceptors (Lipinski definition) is 2. The molecule has 7 heteroatoms. The summed E-state index contributed by atoms with van der Waals surface area (Å²) in [4.78, 5) is 26.6. The van der Waals surface area contributed by atoms with Gasteiger partial charge in [0.25, 0.3) is 11.8 Å². The fourth-order valence-electron chi connectivity index (χ4n) is 2.87. The lowest BCUT2D eigenvalue weighted by atomic mass is 10.1. The third kappa shape index (κ3) is 4.24. The third-order valence-electron chi connectivity index (χ3n) is 4.28. The Kier molecular flexibility index (Phi) is 5.94. The third-order valence-corrected chi connectivity index (χ3v) is 5.24. The van der Waals surface area contributed by atoms with E-state index in [1.54, 1.807) is 17.0 Å². The second kappa shape index (κ2) is 8.18. The van der Waals surface area contributed by atoms with E-state index in [1.165, 1.54) is 18.2 Å². The van der Waals surface area contributed by atoms with Crippen molar-refractivity contribution in [1.29, 1.82) is 0 Å². The highest BCUT2D eigenvalue weighted by atomic mass is 79.9. The second-order valence-corrected chi connectivity index (χ2v) is 7.39. The molecule has 0 radical (unpaired) electrons. The first-order valence-corrected chi connectivity index (χ1v) is 9.48. The molecule has 2 amide bonds. The lowest BCUT2D eigenvalue weighted by Crippen LogP contribution is -2.35. The number of piperidine rings is 1. The molecule has 26 heavy (non-hydrogen) atoms. The Hall–Kier alpha value is -1.92. The van der Waals surface area contributed by atoms with Gasteiger partial charge in [0.05, 0.1) is 15.1 Å². The summed E-state index contributed by atoms with van der Waals surface area (Å²) in [6.07, 6.45) is 3.14. The van der Waals surface area contributed by atoms with E-state index in [4.69, 9.17) is 11.6 Å². The predicted molar refractivity (Wildman–Crippen MR) is 103 cm³/mol. The fraction of sp³-hybridized carbons (Fsp3) is 0.263. The van der Waals surface area contributed by atoms with Crippen molar-refractivity contribution in [3.63, 3.8) is 0 Å². The van der Waals surface area contributed by atoms with Gasteiger partial charge in [-0.15, -0.1) is 0 Å². The van der Waals surface area contributed by atoms with E-state index in [0.29, 0.717) is 11.3 Å². The summed E-state index contributed by atoms with van der Waals surface area (Å²) in [7, 11) is 0. The number of amides is 2. The molecule has 2 aromatic carbocycles. The van der Waals surface area contributed by atoms with Gasteiger partial charge in [0.1, 0.15) is 5.82 Å². The van der Waals surface area contributed by atoms with Crippen LogP contribution in [0.5, 0.6) is 0 Å². The zero-order chi connectivity index (χ0) is 18.7. The summed E-state index contributed by atoms with van der Waals surface area (Å²) in [5, 5.41) is 2.94. The van der Waals surface area contributed by atoms with Gasteiger partial charge >= 0.3 is 0 Å². The lowest BCUT2D eigenvalue weighted by molar-refractivity contribution is 0.0724. The molecule has 1 saturated heterocycles. The zero-order valence-electron chi connectivity index (χ0n) is 13.9. The van der Waals surface area contributed by atoms with Gasteiger partial charge in [-0.3, -0.25) is 9.59 Å². The van der Waals surface area contributed by atoms with Crippen LogP contribution in [-0.2, 0) is 0 Å². The SMILES string of the molecule is O=C(Nc1ccc(C(=O)N2CCCCC2)c(Cl)c1)c1ccc(Br)c(F)c1. The van der Waals surface area contributed by atoms with Gasteiger partial charge in [0.15, 0.2) is 0 Å². The highest BCUT2D eigenvalue weighted by Gasteiger charge is 2.20. The summed E-state index contributed by atoms with van der Waals surface area (Å²) < 4.78 is 13.9. The molecule has 0 unspecified atom stereocenters. The Morgan fingerprint density at radius 3 is 2.46 bits per heavy atom. The van der Waals surface area contributed by atoms with Crippen LogP contribution in [0.2, 0.25) is 5.02 Å². The van der Waals surface area contributed by atoms with E-state index in [9.17, 15) is 14.0 Å². The van der Waals surface area contributed by atoms with Crippen LogP contribution < -0.4 is 5.32 Å². The van der Waals surface area contributed by atoms with Gasteiger partial charge in [-0.1, -0.05) is 11.6 Å². The molecule has 1 N–H and O–H groups in total. The van der Waals surface area contributed by atoms with Crippen molar-refractivity contribution in [3.8, 4) is 0 Å². The van der Waals surface area contributed by atoms with Crippen LogP contribution in [-0.4, -0.2) is 29.8 Å². The Bertz CT molecular complexity index is 853. The van der Waals surface area contributed by atoms with E-state index in [0.717, 1.165) is 38.4 Å². The van der Waals surface area contributed by atoms with E-state index in [2.05, 4.69) is 21.2 Å². The van der Waals surface area contributed by atoms with E-state index in [1.807, 2.05) is 0 Å². The first-order valence-electron chi connectivity index (χ1n) is 8.31. The van der Waals surface area contributed by atoms with Crippen LogP contribution in [0.1, 0.15) is 40.0 Å². The number of hydrogen-bond donors (Lipinski definition) is 1. The smallest absolute Gasteiger partial charge is 0.255 e. The molecule has 0 spiro atoms. The van der Waals surface area contributed by atoms with Gasteiger partial charge in [0.2, 0.25) is 0 Å². The number of nitrogens with one attached hydrogen (secondary N) is 1. The minimum atomic E-state index is -0.516. The summed E-state index contributed by atoms with van der Waals surface area (Å²) in [5.41, 5.74) is 1.05. The molecule has 1 aliphatic rings. The maximum absolute atomic E-state index is 13.6. The molecule has 0 atom stereocenters. The maximum atomic E-state index is 13.6. The fourth-order valence-corrected chi connectivity index (χ4v) is 3.38. The molecule has 0 bridgehead atoms. The topological polar surface area (TPSA) is 49.4 Å². The van der Waals surface area contributed by atoms with Gasteiger partial charge in [-0.05, 0) is 71.6 Å². The van der Waals surface area contributed by atoms with Crippen molar-refractivity contribution in [1.82, 2.24) is 4.90 Å². The van der Waals surface area contributed by atoms with Gasteiger partial charge in [0, 0.05) is 24.3 Å². The average Bonchev–Trinajstić information content (AvgIpc) is 2.64. The number of halogens is 3. The molecule has 1 heterocycles. The predicted octanol–water partition coefficient (Wildman–Crippen LogP) is 5.12. The van der Waals surface area contributed by atoms with Crippen LogP contribution in [0.4, 0.5) is 10.1 Å². The van der Waals surface area contributed by atoms with Crippen molar-refractivity contribution in [2.45, 2.75) is 19.3 Å². The zero-order valence-corrected chi connectivity index (χ0v) is 16.2. The van der Waals surface area contributed by atoms with Crippen LogP contribution in [0, 0.1) is 5.82 Å². The summed E-state index contributed by atoms with van der Waals surface area (Å²) in [6, 6.07) is 8.89. The quantitative estimate of drug-likeness (QED) is 0.721. The highest BCUT2D eigenvalue weighted by Crippen LogP contribution is 2.24. The molecule has 0 saturated carbocycles. The molecule has 3 rings (SSSR count). The number of rotatable bonds is 3. The molecule has 2 aromatic rings.